The van der Waals surface area contributed by atoms with E-state index in [0.29, 0.717) is 11.6 Å². The van der Waals surface area contributed by atoms with Gasteiger partial charge < -0.3 is 10.2 Å². The van der Waals surface area contributed by atoms with Gasteiger partial charge in [-0.3, -0.25) is 4.79 Å². The summed E-state index contributed by atoms with van der Waals surface area (Å²) in [7, 11) is 2.03. The lowest BCUT2D eigenvalue weighted by Gasteiger charge is -2.15. The van der Waals surface area contributed by atoms with Crippen molar-refractivity contribution in [3.05, 3.63) is 64.2 Å². The molecule has 2 rings (SSSR count). The zero-order chi connectivity index (χ0) is 16.1. The Balaban J connectivity index is 1.89. The van der Waals surface area contributed by atoms with E-state index in [1.54, 1.807) is 24.3 Å². The van der Waals surface area contributed by atoms with Gasteiger partial charge >= 0.3 is 0 Å². The fourth-order valence-electron chi connectivity index (χ4n) is 2.59. The molecule has 0 aromatic heterocycles. The first-order valence-electron chi connectivity index (χ1n) is 7.36. The number of carbonyl (C=O) groups excluding carboxylic acids is 1. The van der Waals surface area contributed by atoms with E-state index in [9.17, 15) is 4.79 Å². The molecular formula is C18H22ClN2O+. The number of nitrogens with one attached hydrogen (secondary N) is 2. The van der Waals surface area contributed by atoms with Crippen molar-refractivity contribution in [1.29, 1.82) is 0 Å². The molecule has 2 N–H and O–H groups in total. The molecule has 0 spiro atoms. The van der Waals surface area contributed by atoms with Crippen LogP contribution in [0.1, 0.15) is 16.7 Å². The van der Waals surface area contributed by atoms with E-state index in [1.165, 1.54) is 16.7 Å². The maximum Gasteiger partial charge on any atom is 0.279 e. The number of rotatable bonds is 5. The topological polar surface area (TPSA) is 33.5 Å². The Bertz CT molecular complexity index is 632. The molecule has 0 fully saturated rings. The van der Waals surface area contributed by atoms with Gasteiger partial charge in [0, 0.05) is 16.3 Å². The first-order valence-corrected chi connectivity index (χ1v) is 7.74. The molecule has 22 heavy (non-hydrogen) atoms. The lowest BCUT2D eigenvalue weighted by atomic mass is 10.1. The molecule has 0 aliphatic rings. The van der Waals surface area contributed by atoms with Crippen molar-refractivity contribution < 1.29 is 9.69 Å². The highest BCUT2D eigenvalue weighted by atomic mass is 35.5. The van der Waals surface area contributed by atoms with E-state index < -0.39 is 0 Å². The maximum absolute atomic E-state index is 12.1. The third-order valence-corrected chi connectivity index (χ3v) is 3.63. The molecule has 0 heterocycles. The second-order valence-electron chi connectivity index (χ2n) is 5.86. The van der Waals surface area contributed by atoms with E-state index >= 15 is 0 Å². The molecule has 0 aliphatic heterocycles. The third-order valence-electron chi connectivity index (χ3n) is 3.38. The standard InChI is InChI=1S/C18H21ClN2O/c1-13-8-14(2)10-15(9-13)11-21(3)12-18(22)20-17-6-4-16(19)5-7-17/h4-10H,11-12H2,1-3H3,(H,20,22)/p+1. The molecule has 0 aliphatic carbocycles. The summed E-state index contributed by atoms with van der Waals surface area (Å²) in [6.07, 6.45) is 0. The Morgan fingerprint density at radius 2 is 1.68 bits per heavy atom. The fraction of sp³-hybridized carbons (Fsp3) is 0.278. The van der Waals surface area contributed by atoms with Crippen LogP contribution in [0.25, 0.3) is 0 Å². The fourth-order valence-corrected chi connectivity index (χ4v) is 2.72. The number of amides is 1. The first-order chi connectivity index (χ1) is 10.4. The maximum atomic E-state index is 12.1. The third kappa shape index (κ3) is 5.17. The van der Waals surface area contributed by atoms with Crippen molar-refractivity contribution in [1.82, 2.24) is 0 Å². The van der Waals surface area contributed by atoms with Crippen LogP contribution < -0.4 is 10.2 Å². The van der Waals surface area contributed by atoms with Crippen LogP contribution in [0.15, 0.2) is 42.5 Å². The van der Waals surface area contributed by atoms with Crippen molar-refractivity contribution in [2.24, 2.45) is 0 Å². The summed E-state index contributed by atoms with van der Waals surface area (Å²) in [5.74, 6) is 0.00389. The number of halogens is 1. The second kappa shape index (κ2) is 7.43. The second-order valence-corrected chi connectivity index (χ2v) is 6.30. The van der Waals surface area contributed by atoms with E-state index in [1.807, 2.05) is 7.05 Å². The van der Waals surface area contributed by atoms with Gasteiger partial charge in [-0.15, -0.1) is 0 Å². The summed E-state index contributed by atoms with van der Waals surface area (Å²) in [5.41, 5.74) is 4.55. The van der Waals surface area contributed by atoms with Gasteiger partial charge in [0.25, 0.3) is 5.91 Å². The zero-order valence-electron chi connectivity index (χ0n) is 13.2. The van der Waals surface area contributed by atoms with Gasteiger partial charge in [0.1, 0.15) is 6.54 Å². The molecule has 2 aromatic rings. The molecule has 1 unspecified atom stereocenters. The predicted octanol–water partition coefficient (Wildman–Crippen LogP) is 2.61. The van der Waals surface area contributed by atoms with Gasteiger partial charge in [-0.1, -0.05) is 40.9 Å². The first kappa shape index (κ1) is 16.5. The van der Waals surface area contributed by atoms with Crippen LogP contribution in [0, 0.1) is 13.8 Å². The minimum absolute atomic E-state index is 0.00389. The quantitative estimate of drug-likeness (QED) is 0.873. The number of benzene rings is 2. The summed E-state index contributed by atoms with van der Waals surface area (Å²) in [4.78, 5) is 13.2. The number of carbonyl (C=O) groups is 1. The summed E-state index contributed by atoms with van der Waals surface area (Å²) < 4.78 is 0. The van der Waals surface area contributed by atoms with Gasteiger partial charge in [0.15, 0.2) is 6.54 Å². The smallest absolute Gasteiger partial charge is 0.279 e. The van der Waals surface area contributed by atoms with Gasteiger partial charge in [0.05, 0.1) is 7.05 Å². The summed E-state index contributed by atoms with van der Waals surface area (Å²) >= 11 is 5.83. The van der Waals surface area contributed by atoms with Gasteiger partial charge in [0.2, 0.25) is 0 Å². The Morgan fingerprint density at radius 1 is 1.09 bits per heavy atom. The van der Waals surface area contributed by atoms with Crippen LogP contribution in [0.2, 0.25) is 5.02 Å². The largest absolute Gasteiger partial charge is 0.326 e. The highest BCUT2D eigenvalue weighted by Crippen LogP contribution is 2.13. The van der Waals surface area contributed by atoms with Crippen LogP contribution >= 0.6 is 11.6 Å². The number of likely N-dealkylation sites (N-methyl/N-ethyl adjacent to an activating group) is 1. The number of hydrogen-bond acceptors (Lipinski definition) is 1. The van der Waals surface area contributed by atoms with E-state index in [-0.39, 0.29) is 5.91 Å². The van der Waals surface area contributed by atoms with Crippen LogP contribution in [0.5, 0.6) is 0 Å². The zero-order valence-corrected chi connectivity index (χ0v) is 14.0. The minimum Gasteiger partial charge on any atom is -0.326 e. The molecule has 0 saturated carbocycles. The molecule has 1 amide bonds. The number of anilines is 1. The monoisotopic (exact) mass is 317 g/mol. The molecule has 116 valence electrons. The lowest BCUT2D eigenvalue weighted by molar-refractivity contribution is -0.885. The molecular weight excluding hydrogens is 296 g/mol. The summed E-state index contributed by atoms with van der Waals surface area (Å²) in [5, 5.41) is 3.55. The Kier molecular flexibility index (Phi) is 5.58. The van der Waals surface area contributed by atoms with E-state index in [2.05, 4.69) is 37.4 Å². The van der Waals surface area contributed by atoms with Crippen molar-refractivity contribution >= 4 is 23.2 Å². The van der Waals surface area contributed by atoms with Crippen molar-refractivity contribution in [2.75, 3.05) is 18.9 Å². The summed E-state index contributed by atoms with van der Waals surface area (Å²) in [6, 6.07) is 13.7. The molecule has 4 heteroatoms. The molecule has 1 atom stereocenters. The van der Waals surface area contributed by atoms with Crippen molar-refractivity contribution in [3.8, 4) is 0 Å². The number of quaternary nitrogens is 1. The van der Waals surface area contributed by atoms with Crippen molar-refractivity contribution in [2.45, 2.75) is 20.4 Å². The molecule has 3 nitrogen and oxygen atoms in total. The Labute approximate surface area is 136 Å². The highest BCUT2D eigenvalue weighted by Gasteiger charge is 2.11. The van der Waals surface area contributed by atoms with Crippen LogP contribution in [0.3, 0.4) is 0 Å². The van der Waals surface area contributed by atoms with Gasteiger partial charge in [-0.05, 0) is 38.1 Å². The van der Waals surface area contributed by atoms with E-state index in [4.69, 9.17) is 11.6 Å². The molecule has 0 radical (unpaired) electrons. The Morgan fingerprint density at radius 3 is 2.27 bits per heavy atom. The normalized spacial score (nSPS) is 12.0. The van der Waals surface area contributed by atoms with Crippen LogP contribution in [-0.2, 0) is 11.3 Å². The number of aryl methyl sites for hydroxylation is 2. The van der Waals surface area contributed by atoms with E-state index in [0.717, 1.165) is 17.1 Å². The molecule has 0 saturated heterocycles. The number of hydrogen-bond donors (Lipinski definition) is 2. The van der Waals surface area contributed by atoms with Crippen LogP contribution in [-0.4, -0.2) is 19.5 Å². The minimum atomic E-state index is 0.00389. The van der Waals surface area contributed by atoms with Crippen molar-refractivity contribution in [3.63, 3.8) is 0 Å². The SMILES string of the molecule is Cc1cc(C)cc(C[NH+](C)CC(=O)Nc2ccc(Cl)cc2)c1. The predicted molar refractivity (Wildman–Crippen MR) is 91.5 cm³/mol. The lowest BCUT2D eigenvalue weighted by Crippen LogP contribution is -3.08. The Hall–Kier alpha value is -1.84. The molecule has 2 aromatic carbocycles. The van der Waals surface area contributed by atoms with Gasteiger partial charge in [-0.25, -0.2) is 0 Å². The van der Waals surface area contributed by atoms with Crippen LogP contribution in [0.4, 0.5) is 5.69 Å². The summed E-state index contributed by atoms with van der Waals surface area (Å²) in [6.45, 7) is 5.45. The average Bonchev–Trinajstić information content (AvgIpc) is 2.39. The average molecular weight is 318 g/mol. The highest BCUT2D eigenvalue weighted by molar-refractivity contribution is 6.30. The molecule has 0 bridgehead atoms. The van der Waals surface area contributed by atoms with Gasteiger partial charge in [-0.2, -0.15) is 0 Å².